The predicted molar refractivity (Wildman–Crippen MR) is 87.6 cm³/mol. The Morgan fingerprint density at radius 2 is 1.81 bits per heavy atom. The van der Waals surface area contributed by atoms with Gasteiger partial charge < -0.3 is 20.1 Å². The van der Waals surface area contributed by atoms with Crippen LogP contribution in [-0.4, -0.2) is 56.8 Å². The van der Waals surface area contributed by atoms with Crippen molar-refractivity contribution in [3.8, 4) is 0 Å². The normalized spacial score (nSPS) is 55.8. The van der Waals surface area contributed by atoms with E-state index in [1.165, 1.54) is 6.92 Å². The highest BCUT2D eigenvalue weighted by Gasteiger charge is 2.78. The molecule has 26 heavy (non-hydrogen) atoms. The van der Waals surface area contributed by atoms with Gasteiger partial charge in [0.1, 0.15) is 23.6 Å². The second kappa shape index (κ2) is 4.82. The van der Waals surface area contributed by atoms with Gasteiger partial charge in [0.2, 0.25) is 0 Å². The van der Waals surface area contributed by atoms with Crippen molar-refractivity contribution >= 4 is 17.5 Å². The van der Waals surface area contributed by atoms with Crippen molar-refractivity contribution in [2.75, 3.05) is 0 Å². The van der Waals surface area contributed by atoms with Crippen LogP contribution in [0.5, 0.6) is 0 Å². The van der Waals surface area contributed by atoms with E-state index < -0.39 is 58.3 Å². The molecule has 4 aliphatic rings. The van der Waals surface area contributed by atoms with Gasteiger partial charge in [0.15, 0.2) is 5.78 Å². The minimum atomic E-state index is -1.77. The summed E-state index contributed by atoms with van der Waals surface area (Å²) >= 11 is 0. The van der Waals surface area contributed by atoms with Crippen molar-refractivity contribution in [1.29, 1.82) is 0 Å². The topological polar surface area (TPSA) is 121 Å². The van der Waals surface area contributed by atoms with Crippen LogP contribution in [0.3, 0.4) is 0 Å². The highest BCUT2D eigenvalue weighted by Crippen LogP contribution is 2.67. The molecule has 7 heteroatoms. The van der Waals surface area contributed by atoms with Gasteiger partial charge in [-0.25, -0.2) is 0 Å². The van der Waals surface area contributed by atoms with Crippen molar-refractivity contribution in [3.63, 3.8) is 0 Å². The molecule has 9 atom stereocenters. The molecule has 1 saturated heterocycles. The van der Waals surface area contributed by atoms with E-state index in [2.05, 4.69) is 0 Å². The van der Waals surface area contributed by atoms with Gasteiger partial charge in [-0.15, -0.1) is 0 Å². The smallest absolute Gasteiger partial charge is 0.310 e. The summed E-state index contributed by atoms with van der Waals surface area (Å²) in [5.74, 6) is -3.62. The number of carbonyl (C=O) groups is 3. The maximum Gasteiger partial charge on any atom is 0.310 e. The number of ketones is 2. The molecule has 4 rings (SSSR count). The number of hydrogen-bond donors (Lipinski definition) is 3. The van der Waals surface area contributed by atoms with Crippen LogP contribution in [0, 0.1) is 28.6 Å². The van der Waals surface area contributed by atoms with Crippen molar-refractivity contribution in [2.45, 2.75) is 58.0 Å². The van der Waals surface area contributed by atoms with Crippen LogP contribution in [-0.2, 0) is 19.1 Å². The summed E-state index contributed by atoms with van der Waals surface area (Å²) in [6.45, 7) is 6.44. The molecule has 3 aliphatic carbocycles. The second-order valence-corrected chi connectivity index (χ2v) is 8.86. The monoisotopic (exact) mass is 364 g/mol. The van der Waals surface area contributed by atoms with Crippen LogP contribution < -0.4 is 0 Å². The summed E-state index contributed by atoms with van der Waals surface area (Å²) in [4.78, 5) is 38.1. The molecule has 0 aromatic heterocycles. The third-order valence-electron chi connectivity index (χ3n) is 7.92. The van der Waals surface area contributed by atoms with E-state index in [1.807, 2.05) is 0 Å². The van der Waals surface area contributed by atoms with Gasteiger partial charge in [-0.3, -0.25) is 14.4 Å². The molecule has 3 N–H and O–H groups in total. The van der Waals surface area contributed by atoms with E-state index in [0.717, 1.165) is 6.08 Å². The molecule has 1 aliphatic heterocycles. The molecule has 0 aromatic rings. The molecule has 0 radical (unpaired) electrons. The lowest BCUT2D eigenvalue weighted by molar-refractivity contribution is -0.245. The molecule has 2 saturated carbocycles. The molecule has 0 aromatic carbocycles. The zero-order chi connectivity index (χ0) is 19.4. The van der Waals surface area contributed by atoms with Gasteiger partial charge in [-0.05, 0) is 18.6 Å². The minimum Gasteiger partial charge on any atom is -0.459 e. The van der Waals surface area contributed by atoms with Crippen LogP contribution in [0.15, 0.2) is 11.6 Å². The number of carbonyl (C=O) groups excluding carboxylic acids is 3. The van der Waals surface area contributed by atoms with E-state index >= 15 is 0 Å². The van der Waals surface area contributed by atoms with Crippen molar-refractivity contribution in [3.05, 3.63) is 11.6 Å². The van der Waals surface area contributed by atoms with E-state index in [1.54, 1.807) is 20.8 Å². The number of ether oxygens (including phenoxy) is 1. The Balaban J connectivity index is 2.01. The van der Waals surface area contributed by atoms with Gasteiger partial charge in [0, 0.05) is 29.1 Å². The molecule has 0 spiro atoms. The largest absolute Gasteiger partial charge is 0.459 e. The third-order valence-corrected chi connectivity index (χ3v) is 7.92. The molecule has 2 bridgehead atoms. The van der Waals surface area contributed by atoms with E-state index in [9.17, 15) is 29.7 Å². The fraction of sp³-hybridized carbons (Fsp3) is 0.737. The maximum absolute atomic E-state index is 13.2. The quantitative estimate of drug-likeness (QED) is 0.507. The fourth-order valence-corrected chi connectivity index (χ4v) is 6.49. The first-order valence-electron chi connectivity index (χ1n) is 8.97. The van der Waals surface area contributed by atoms with Gasteiger partial charge in [-0.1, -0.05) is 20.8 Å². The average molecular weight is 364 g/mol. The maximum atomic E-state index is 13.2. The Bertz CT molecular complexity index is 772. The highest BCUT2D eigenvalue weighted by atomic mass is 16.6. The first kappa shape index (κ1) is 17.8. The van der Waals surface area contributed by atoms with Crippen molar-refractivity contribution < 1.29 is 34.4 Å². The number of Topliss-reactive ketones (excluding diaryl/α,β-unsaturated/α-hetero) is 1. The Labute approximate surface area is 151 Å². The van der Waals surface area contributed by atoms with Crippen molar-refractivity contribution in [2.24, 2.45) is 28.6 Å². The predicted octanol–water partition coefficient (Wildman–Crippen LogP) is -0.239. The summed E-state index contributed by atoms with van der Waals surface area (Å²) in [6, 6.07) is 0. The van der Waals surface area contributed by atoms with Crippen LogP contribution in [0.1, 0.15) is 34.1 Å². The summed E-state index contributed by atoms with van der Waals surface area (Å²) in [7, 11) is 0. The Kier molecular flexibility index (Phi) is 3.31. The van der Waals surface area contributed by atoms with E-state index in [0.29, 0.717) is 0 Å². The number of hydrogen-bond acceptors (Lipinski definition) is 7. The molecule has 0 amide bonds. The van der Waals surface area contributed by atoms with E-state index in [4.69, 9.17) is 4.74 Å². The second-order valence-electron chi connectivity index (χ2n) is 8.86. The van der Waals surface area contributed by atoms with Gasteiger partial charge >= 0.3 is 5.97 Å². The summed E-state index contributed by atoms with van der Waals surface area (Å²) in [5.41, 5.74) is -4.33. The van der Waals surface area contributed by atoms with Crippen LogP contribution in [0.4, 0.5) is 0 Å². The lowest BCUT2D eigenvalue weighted by Gasteiger charge is -2.65. The average Bonchev–Trinajstić information content (AvgIpc) is 2.80. The SMILES string of the molecule is CC1=CC(=O)C(O)C2(C)C3C(O)C4OC(=O)C(C4C)C3(C)C(=O)CC12O. The molecule has 9 unspecified atom stereocenters. The Hall–Kier alpha value is -1.57. The van der Waals surface area contributed by atoms with Crippen molar-refractivity contribution in [1.82, 2.24) is 0 Å². The molecular formula is C19H24O7. The van der Waals surface area contributed by atoms with Crippen LogP contribution in [0.25, 0.3) is 0 Å². The zero-order valence-electron chi connectivity index (χ0n) is 15.2. The number of aliphatic hydroxyl groups is 3. The summed E-state index contributed by atoms with van der Waals surface area (Å²) in [5, 5.41) is 33.3. The molecule has 142 valence electrons. The number of aliphatic hydroxyl groups excluding tert-OH is 2. The van der Waals surface area contributed by atoms with Gasteiger partial charge in [-0.2, -0.15) is 0 Å². The molecule has 1 heterocycles. The number of esters is 1. The van der Waals surface area contributed by atoms with Crippen LogP contribution in [0.2, 0.25) is 0 Å². The molecular weight excluding hydrogens is 340 g/mol. The standard InChI is InChI=1S/C19H24O7/c1-7-5-9(20)15(23)18(4)14-12(22)13-8(2)11(16(24)26-13)17(14,3)10(21)6-19(7,18)25/h5,8,11-15,22-23,25H,6H2,1-4H3. The van der Waals surface area contributed by atoms with E-state index in [-0.39, 0.29) is 23.7 Å². The number of rotatable bonds is 0. The van der Waals surface area contributed by atoms with Crippen LogP contribution >= 0.6 is 0 Å². The lowest BCUT2D eigenvalue weighted by Crippen LogP contribution is -2.75. The number of fused-ring (bicyclic) bond motifs is 6. The summed E-state index contributed by atoms with van der Waals surface area (Å²) in [6.07, 6.45) is -2.85. The van der Waals surface area contributed by atoms with Gasteiger partial charge in [0.05, 0.1) is 12.0 Å². The minimum absolute atomic E-state index is 0.288. The lowest BCUT2D eigenvalue weighted by atomic mass is 9.38. The molecule has 7 nitrogen and oxygen atoms in total. The zero-order valence-corrected chi connectivity index (χ0v) is 15.2. The highest BCUT2D eigenvalue weighted by molar-refractivity contribution is 6.00. The molecule has 3 fully saturated rings. The Morgan fingerprint density at radius 1 is 1.19 bits per heavy atom. The fourth-order valence-electron chi connectivity index (χ4n) is 6.49. The Morgan fingerprint density at radius 3 is 2.42 bits per heavy atom. The third kappa shape index (κ3) is 1.59. The summed E-state index contributed by atoms with van der Waals surface area (Å²) < 4.78 is 5.36. The first-order chi connectivity index (χ1) is 11.9. The first-order valence-corrected chi connectivity index (χ1v) is 8.97. The van der Waals surface area contributed by atoms with Gasteiger partial charge in [0.25, 0.3) is 0 Å².